The summed E-state index contributed by atoms with van der Waals surface area (Å²) < 4.78 is 13.6. The average molecular weight is 506 g/mol. The van der Waals surface area contributed by atoms with Gasteiger partial charge in [-0.3, -0.25) is 10.1 Å². The minimum absolute atomic E-state index is 0. The van der Waals surface area contributed by atoms with Crippen LogP contribution in [0.4, 0.5) is 4.39 Å². The predicted octanol–water partition coefficient (Wildman–Crippen LogP) is 3.63. The van der Waals surface area contributed by atoms with Gasteiger partial charge in [0, 0.05) is 31.1 Å². The van der Waals surface area contributed by atoms with E-state index in [9.17, 15) is 4.39 Å². The Morgan fingerprint density at radius 2 is 2.00 bits per heavy atom. The number of aromatic nitrogens is 3. The first-order chi connectivity index (χ1) is 13.7. The minimum atomic E-state index is -0.182. The lowest BCUT2D eigenvalue weighted by Gasteiger charge is -2.19. The van der Waals surface area contributed by atoms with Crippen molar-refractivity contribution in [1.29, 1.82) is 0 Å². The van der Waals surface area contributed by atoms with Crippen molar-refractivity contribution in [3.05, 3.63) is 71.8 Å². The summed E-state index contributed by atoms with van der Waals surface area (Å²) in [5, 5.41) is 13.5. The van der Waals surface area contributed by atoms with Gasteiger partial charge in [-0.2, -0.15) is 5.10 Å². The molecule has 0 unspecified atom stereocenters. The molecule has 0 atom stereocenters. The van der Waals surface area contributed by atoms with Crippen LogP contribution >= 0.6 is 24.0 Å². The topological polar surface area (TPSA) is 78.0 Å². The van der Waals surface area contributed by atoms with E-state index in [1.54, 1.807) is 19.2 Å². The highest BCUT2D eigenvalue weighted by Gasteiger charge is 2.44. The molecule has 0 spiro atoms. The number of rotatable bonds is 6. The Morgan fingerprint density at radius 3 is 2.69 bits per heavy atom. The monoisotopic (exact) mass is 506 g/mol. The Hall–Kier alpha value is -2.49. The average Bonchev–Trinajstić information content (AvgIpc) is 3.31. The fraction of sp³-hybridized carbons (Fsp3) is 0.286. The SMILES string of the molecule is CN=C(NCc1cccc(-c2ncn[nH]2)c1)NCC1(c2cccc(F)c2)CC1.I. The van der Waals surface area contributed by atoms with Crippen molar-refractivity contribution in [2.24, 2.45) is 4.99 Å². The maximum absolute atomic E-state index is 13.6. The van der Waals surface area contributed by atoms with Crippen LogP contribution < -0.4 is 10.6 Å². The van der Waals surface area contributed by atoms with Crippen molar-refractivity contribution in [3.63, 3.8) is 0 Å². The summed E-state index contributed by atoms with van der Waals surface area (Å²) in [7, 11) is 1.75. The molecule has 152 valence electrons. The van der Waals surface area contributed by atoms with Crippen molar-refractivity contribution in [3.8, 4) is 11.4 Å². The molecule has 3 N–H and O–H groups in total. The number of hydrogen-bond acceptors (Lipinski definition) is 3. The van der Waals surface area contributed by atoms with Crippen LogP contribution in [0.1, 0.15) is 24.0 Å². The zero-order valence-electron chi connectivity index (χ0n) is 16.2. The molecule has 2 aromatic carbocycles. The number of aliphatic imine (C=N–C) groups is 1. The van der Waals surface area contributed by atoms with Crippen molar-refractivity contribution in [1.82, 2.24) is 25.8 Å². The highest BCUT2D eigenvalue weighted by molar-refractivity contribution is 14.0. The van der Waals surface area contributed by atoms with Crippen LogP contribution in [0, 0.1) is 5.82 Å². The number of hydrogen-bond donors (Lipinski definition) is 3. The molecule has 29 heavy (non-hydrogen) atoms. The van der Waals surface area contributed by atoms with Gasteiger partial charge in [0.15, 0.2) is 11.8 Å². The molecule has 1 aromatic heterocycles. The number of aromatic amines is 1. The Morgan fingerprint density at radius 1 is 1.17 bits per heavy atom. The number of nitrogens with one attached hydrogen (secondary N) is 3. The van der Waals surface area contributed by atoms with Gasteiger partial charge in [-0.05, 0) is 42.2 Å². The molecule has 1 heterocycles. The number of halogens is 2. The lowest BCUT2D eigenvalue weighted by Crippen LogP contribution is -2.40. The van der Waals surface area contributed by atoms with Crippen molar-refractivity contribution < 1.29 is 4.39 Å². The molecule has 4 rings (SSSR count). The summed E-state index contributed by atoms with van der Waals surface area (Å²) in [4.78, 5) is 8.50. The third-order valence-corrected chi connectivity index (χ3v) is 5.18. The van der Waals surface area contributed by atoms with E-state index in [4.69, 9.17) is 0 Å². The quantitative estimate of drug-likeness (QED) is 0.271. The lowest BCUT2D eigenvalue weighted by molar-refractivity contribution is 0.607. The molecule has 0 radical (unpaired) electrons. The smallest absolute Gasteiger partial charge is 0.191 e. The normalized spacial score (nSPS) is 14.8. The molecule has 3 aromatic rings. The van der Waals surface area contributed by atoms with E-state index in [1.807, 2.05) is 18.2 Å². The number of benzene rings is 2. The second-order valence-corrected chi connectivity index (χ2v) is 7.10. The summed E-state index contributed by atoms with van der Waals surface area (Å²) >= 11 is 0. The molecule has 0 amide bonds. The van der Waals surface area contributed by atoms with Crippen LogP contribution in [-0.2, 0) is 12.0 Å². The summed E-state index contributed by atoms with van der Waals surface area (Å²) in [6.45, 7) is 1.36. The summed E-state index contributed by atoms with van der Waals surface area (Å²) in [6, 6.07) is 15.0. The standard InChI is InChI=1S/C21H23FN6.HI/c1-23-20(25-13-21(8-9-21)17-6-3-7-18(22)11-17)24-12-15-4-2-5-16(10-15)19-26-14-27-28-19;/h2-7,10-11,14H,8-9,12-13H2,1H3,(H2,23,24,25)(H,26,27,28);1H. The molecule has 0 aliphatic heterocycles. The van der Waals surface area contributed by atoms with Crippen molar-refractivity contribution in [2.45, 2.75) is 24.8 Å². The first-order valence-electron chi connectivity index (χ1n) is 9.34. The van der Waals surface area contributed by atoms with Crippen LogP contribution in [0.15, 0.2) is 59.9 Å². The molecular weight excluding hydrogens is 482 g/mol. The Labute approximate surface area is 186 Å². The Bertz CT molecular complexity index is 969. The molecule has 1 aliphatic rings. The molecule has 0 bridgehead atoms. The van der Waals surface area contributed by atoms with Gasteiger partial charge in [0.25, 0.3) is 0 Å². The van der Waals surface area contributed by atoms with Crippen LogP contribution in [0.25, 0.3) is 11.4 Å². The molecule has 1 aliphatic carbocycles. The van der Waals surface area contributed by atoms with Crippen LogP contribution in [0.5, 0.6) is 0 Å². The van der Waals surface area contributed by atoms with E-state index in [-0.39, 0.29) is 35.2 Å². The fourth-order valence-electron chi connectivity index (χ4n) is 3.37. The van der Waals surface area contributed by atoms with Gasteiger partial charge in [0.2, 0.25) is 0 Å². The number of H-pyrrole nitrogens is 1. The maximum atomic E-state index is 13.6. The van der Waals surface area contributed by atoms with Crippen LogP contribution in [-0.4, -0.2) is 34.7 Å². The maximum Gasteiger partial charge on any atom is 0.191 e. The zero-order chi connectivity index (χ0) is 19.4. The van der Waals surface area contributed by atoms with Crippen LogP contribution in [0.3, 0.4) is 0 Å². The van der Waals surface area contributed by atoms with Gasteiger partial charge in [-0.15, -0.1) is 24.0 Å². The van der Waals surface area contributed by atoms with E-state index in [0.717, 1.165) is 47.9 Å². The molecular formula is C21H24FIN6. The van der Waals surface area contributed by atoms with E-state index in [1.165, 1.54) is 12.4 Å². The zero-order valence-corrected chi connectivity index (χ0v) is 18.5. The van der Waals surface area contributed by atoms with Crippen molar-refractivity contribution >= 4 is 29.9 Å². The fourth-order valence-corrected chi connectivity index (χ4v) is 3.37. The van der Waals surface area contributed by atoms with Gasteiger partial charge in [0.05, 0.1) is 0 Å². The van der Waals surface area contributed by atoms with Gasteiger partial charge in [0.1, 0.15) is 12.1 Å². The number of guanidine groups is 1. The summed E-state index contributed by atoms with van der Waals surface area (Å²) in [5.41, 5.74) is 3.16. The molecule has 8 heteroatoms. The predicted molar refractivity (Wildman–Crippen MR) is 123 cm³/mol. The van der Waals surface area contributed by atoms with Gasteiger partial charge >= 0.3 is 0 Å². The number of nitrogens with zero attached hydrogens (tertiary/aromatic N) is 3. The van der Waals surface area contributed by atoms with Gasteiger partial charge in [-0.25, -0.2) is 9.37 Å². The first kappa shape index (κ1) is 21.2. The minimum Gasteiger partial charge on any atom is -0.356 e. The molecule has 6 nitrogen and oxygen atoms in total. The van der Waals surface area contributed by atoms with E-state index in [2.05, 4.69) is 42.9 Å². The largest absolute Gasteiger partial charge is 0.356 e. The van der Waals surface area contributed by atoms with Gasteiger partial charge < -0.3 is 10.6 Å². The van der Waals surface area contributed by atoms with E-state index >= 15 is 0 Å². The summed E-state index contributed by atoms with van der Waals surface area (Å²) in [6.07, 6.45) is 3.61. The lowest BCUT2D eigenvalue weighted by atomic mass is 9.96. The Kier molecular flexibility index (Phi) is 6.83. The molecule has 1 saturated carbocycles. The highest BCUT2D eigenvalue weighted by Crippen LogP contribution is 2.47. The second kappa shape index (κ2) is 9.34. The van der Waals surface area contributed by atoms with E-state index < -0.39 is 0 Å². The summed E-state index contributed by atoms with van der Waals surface area (Å²) in [5.74, 6) is 1.29. The third-order valence-electron chi connectivity index (χ3n) is 5.18. The third kappa shape index (κ3) is 5.11. The highest BCUT2D eigenvalue weighted by atomic mass is 127. The molecule has 1 fully saturated rings. The van der Waals surface area contributed by atoms with Crippen LogP contribution in [0.2, 0.25) is 0 Å². The Balaban J connectivity index is 0.00000240. The second-order valence-electron chi connectivity index (χ2n) is 7.10. The first-order valence-corrected chi connectivity index (χ1v) is 9.34. The van der Waals surface area contributed by atoms with E-state index in [0.29, 0.717) is 6.54 Å². The molecule has 0 saturated heterocycles. The van der Waals surface area contributed by atoms with Crippen molar-refractivity contribution in [2.75, 3.05) is 13.6 Å². The van der Waals surface area contributed by atoms with Gasteiger partial charge in [-0.1, -0.05) is 30.3 Å².